The van der Waals surface area contributed by atoms with E-state index in [9.17, 15) is 10.1 Å². The molecule has 8 heteroatoms. The molecule has 0 bridgehead atoms. The standard InChI is InChI=1S/C21H16N4O4/c1-13-7-17(5-4-15(13)10-22)29-18-6-3-14(8-16(18)11-23)12-28-20-9-19(27-2)24-21(26)25-20/h3-9H,12H2,1-2H3,(H,24,25,26). The summed E-state index contributed by atoms with van der Waals surface area (Å²) in [5.41, 5.74) is 1.79. The number of aromatic nitrogens is 2. The van der Waals surface area contributed by atoms with Crippen molar-refractivity contribution in [3.8, 4) is 35.4 Å². The van der Waals surface area contributed by atoms with Crippen LogP contribution in [-0.2, 0) is 6.61 Å². The van der Waals surface area contributed by atoms with Crippen LogP contribution in [-0.4, -0.2) is 17.1 Å². The van der Waals surface area contributed by atoms with Crippen LogP contribution in [0.4, 0.5) is 0 Å². The zero-order chi connectivity index (χ0) is 20.8. The molecule has 144 valence electrons. The van der Waals surface area contributed by atoms with Crippen molar-refractivity contribution in [2.24, 2.45) is 0 Å². The molecule has 1 N–H and O–H groups in total. The van der Waals surface area contributed by atoms with Crippen molar-refractivity contribution in [3.63, 3.8) is 0 Å². The summed E-state index contributed by atoms with van der Waals surface area (Å²) in [6, 6.07) is 15.8. The maximum Gasteiger partial charge on any atom is 0.351 e. The molecular weight excluding hydrogens is 372 g/mol. The average molecular weight is 388 g/mol. The van der Waals surface area contributed by atoms with Gasteiger partial charge in [0.15, 0.2) is 5.88 Å². The van der Waals surface area contributed by atoms with Crippen LogP contribution in [0.3, 0.4) is 0 Å². The predicted octanol–water partition coefficient (Wildman–Crippen LogP) is 3.20. The van der Waals surface area contributed by atoms with Crippen molar-refractivity contribution >= 4 is 0 Å². The van der Waals surface area contributed by atoms with Gasteiger partial charge in [-0.25, -0.2) is 4.79 Å². The number of nitrogens with zero attached hydrogens (tertiary/aromatic N) is 3. The first-order valence-electron chi connectivity index (χ1n) is 8.52. The molecule has 0 aliphatic carbocycles. The number of aryl methyl sites for hydroxylation is 1. The Balaban J connectivity index is 1.76. The highest BCUT2D eigenvalue weighted by Gasteiger charge is 2.09. The van der Waals surface area contributed by atoms with Gasteiger partial charge in [-0.1, -0.05) is 6.07 Å². The van der Waals surface area contributed by atoms with Crippen molar-refractivity contribution in [1.29, 1.82) is 10.5 Å². The van der Waals surface area contributed by atoms with E-state index in [2.05, 4.69) is 22.1 Å². The van der Waals surface area contributed by atoms with Crippen molar-refractivity contribution in [2.45, 2.75) is 13.5 Å². The molecule has 3 rings (SSSR count). The fraction of sp³-hybridized carbons (Fsp3) is 0.143. The van der Waals surface area contributed by atoms with E-state index < -0.39 is 5.69 Å². The summed E-state index contributed by atoms with van der Waals surface area (Å²) in [5.74, 6) is 1.26. The van der Waals surface area contributed by atoms with Crippen LogP contribution < -0.4 is 19.9 Å². The third-order valence-electron chi connectivity index (χ3n) is 4.01. The molecule has 29 heavy (non-hydrogen) atoms. The Kier molecular flexibility index (Phi) is 5.77. The van der Waals surface area contributed by atoms with Crippen molar-refractivity contribution in [3.05, 3.63) is 75.2 Å². The normalized spacial score (nSPS) is 9.93. The van der Waals surface area contributed by atoms with E-state index >= 15 is 0 Å². The third kappa shape index (κ3) is 4.71. The van der Waals surface area contributed by atoms with Crippen LogP contribution in [0.5, 0.6) is 23.3 Å². The van der Waals surface area contributed by atoms with Gasteiger partial charge in [0.05, 0.1) is 30.4 Å². The zero-order valence-corrected chi connectivity index (χ0v) is 15.7. The molecule has 1 heterocycles. The number of hydrogen-bond acceptors (Lipinski definition) is 7. The Morgan fingerprint density at radius 3 is 2.55 bits per heavy atom. The number of nitriles is 2. The van der Waals surface area contributed by atoms with Gasteiger partial charge in [0.25, 0.3) is 0 Å². The number of benzene rings is 2. The Labute approximate surface area is 166 Å². The molecule has 0 aliphatic heterocycles. The van der Waals surface area contributed by atoms with Gasteiger partial charge in [-0.2, -0.15) is 15.5 Å². The molecule has 8 nitrogen and oxygen atoms in total. The smallest absolute Gasteiger partial charge is 0.351 e. The van der Waals surface area contributed by atoms with E-state index in [1.165, 1.54) is 13.2 Å². The first-order chi connectivity index (χ1) is 14.0. The summed E-state index contributed by atoms with van der Waals surface area (Å²) in [4.78, 5) is 17.6. The molecule has 0 saturated heterocycles. The molecule has 0 aliphatic rings. The molecule has 3 aromatic rings. The SMILES string of the molecule is COc1cc(OCc2ccc(Oc3ccc(C#N)c(C)c3)c(C#N)c2)nc(=O)[nH]1. The second-order valence-electron chi connectivity index (χ2n) is 6.01. The topological polar surface area (TPSA) is 121 Å². The lowest BCUT2D eigenvalue weighted by Gasteiger charge is -2.11. The summed E-state index contributed by atoms with van der Waals surface area (Å²) in [5, 5.41) is 18.5. The molecule has 0 amide bonds. The van der Waals surface area contributed by atoms with Crippen LogP contribution in [0.1, 0.15) is 22.3 Å². The molecule has 0 atom stereocenters. The van der Waals surface area contributed by atoms with Crippen LogP contribution in [0, 0.1) is 29.6 Å². The Hall–Kier alpha value is -4.30. The third-order valence-corrected chi connectivity index (χ3v) is 4.01. The molecule has 2 aromatic carbocycles. The fourth-order valence-corrected chi connectivity index (χ4v) is 2.55. The van der Waals surface area contributed by atoms with E-state index in [1.807, 2.05) is 6.92 Å². The molecular formula is C21H16N4O4. The largest absolute Gasteiger partial charge is 0.482 e. The second kappa shape index (κ2) is 8.59. The summed E-state index contributed by atoms with van der Waals surface area (Å²) in [6.45, 7) is 1.92. The average Bonchev–Trinajstić information content (AvgIpc) is 2.72. The lowest BCUT2D eigenvalue weighted by atomic mass is 10.1. The summed E-state index contributed by atoms with van der Waals surface area (Å²) < 4.78 is 16.3. The Bertz CT molecular complexity index is 1190. The maximum atomic E-state index is 11.5. The van der Waals surface area contributed by atoms with E-state index in [0.717, 1.165) is 5.56 Å². The number of methoxy groups -OCH3 is 1. The van der Waals surface area contributed by atoms with Gasteiger partial charge in [-0.05, 0) is 48.4 Å². The van der Waals surface area contributed by atoms with Crippen molar-refractivity contribution < 1.29 is 14.2 Å². The molecule has 0 radical (unpaired) electrons. The van der Waals surface area contributed by atoms with Crippen LogP contribution in [0.25, 0.3) is 0 Å². The number of ether oxygens (including phenoxy) is 3. The lowest BCUT2D eigenvalue weighted by Crippen LogP contribution is -2.12. The van der Waals surface area contributed by atoms with Gasteiger partial charge in [0.1, 0.15) is 24.2 Å². The van der Waals surface area contributed by atoms with E-state index in [4.69, 9.17) is 19.5 Å². The quantitative estimate of drug-likeness (QED) is 0.688. The van der Waals surface area contributed by atoms with E-state index in [-0.39, 0.29) is 18.4 Å². The first kappa shape index (κ1) is 19.5. The van der Waals surface area contributed by atoms with Gasteiger partial charge in [0.2, 0.25) is 5.88 Å². The highest BCUT2D eigenvalue weighted by Crippen LogP contribution is 2.27. The molecule has 1 aromatic heterocycles. The van der Waals surface area contributed by atoms with Gasteiger partial charge < -0.3 is 14.2 Å². The van der Waals surface area contributed by atoms with Gasteiger partial charge in [-0.3, -0.25) is 4.98 Å². The van der Waals surface area contributed by atoms with Gasteiger partial charge in [0, 0.05) is 0 Å². The lowest BCUT2D eigenvalue weighted by molar-refractivity contribution is 0.288. The van der Waals surface area contributed by atoms with Crippen molar-refractivity contribution in [2.75, 3.05) is 7.11 Å². The molecule has 0 fully saturated rings. The van der Waals surface area contributed by atoms with Crippen molar-refractivity contribution in [1.82, 2.24) is 9.97 Å². The summed E-state index contributed by atoms with van der Waals surface area (Å²) in [6.07, 6.45) is 0. The minimum Gasteiger partial charge on any atom is -0.482 e. The van der Waals surface area contributed by atoms with E-state index in [1.54, 1.807) is 36.4 Å². The Morgan fingerprint density at radius 2 is 1.86 bits per heavy atom. The molecule has 0 saturated carbocycles. The highest BCUT2D eigenvalue weighted by molar-refractivity contribution is 5.49. The monoisotopic (exact) mass is 388 g/mol. The number of rotatable bonds is 6. The highest BCUT2D eigenvalue weighted by atomic mass is 16.5. The molecule has 0 unspecified atom stereocenters. The van der Waals surface area contributed by atoms with Crippen LogP contribution in [0.2, 0.25) is 0 Å². The minimum atomic E-state index is -0.585. The fourth-order valence-electron chi connectivity index (χ4n) is 2.55. The summed E-state index contributed by atoms with van der Waals surface area (Å²) in [7, 11) is 1.42. The first-order valence-corrected chi connectivity index (χ1v) is 8.52. The molecule has 0 spiro atoms. The maximum absolute atomic E-state index is 11.5. The van der Waals surface area contributed by atoms with Crippen LogP contribution in [0.15, 0.2) is 47.3 Å². The number of H-pyrrole nitrogens is 1. The summed E-state index contributed by atoms with van der Waals surface area (Å²) >= 11 is 0. The zero-order valence-electron chi connectivity index (χ0n) is 15.7. The van der Waals surface area contributed by atoms with Crippen LogP contribution >= 0.6 is 0 Å². The van der Waals surface area contributed by atoms with Gasteiger partial charge >= 0.3 is 5.69 Å². The predicted molar refractivity (Wildman–Crippen MR) is 103 cm³/mol. The van der Waals surface area contributed by atoms with Gasteiger partial charge in [-0.15, -0.1) is 0 Å². The number of hydrogen-bond donors (Lipinski definition) is 1. The number of nitrogens with one attached hydrogen (secondary N) is 1. The Morgan fingerprint density at radius 1 is 1.07 bits per heavy atom. The number of aromatic amines is 1. The van der Waals surface area contributed by atoms with E-state index in [0.29, 0.717) is 28.2 Å². The second-order valence-corrected chi connectivity index (χ2v) is 6.01. The minimum absolute atomic E-state index is 0.102.